The van der Waals surface area contributed by atoms with Gasteiger partial charge in [-0.3, -0.25) is 0 Å². The van der Waals surface area contributed by atoms with Crippen LogP contribution >= 0.6 is 0 Å². The summed E-state index contributed by atoms with van der Waals surface area (Å²) in [5.41, 5.74) is -0.894. The maximum absolute atomic E-state index is 13.6. The minimum absolute atomic E-state index is 0.0618. The lowest BCUT2D eigenvalue weighted by molar-refractivity contribution is 0.590. The normalized spacial score (nSPS) is 10.5. The van der Waals surface area contributed by atoms with Crippen LogP contribution in [0, 0.1) is 23.3 Å². The highest BCUT2D eigenvalue weighted by Gasteiger charge is 2.12. The number of rotatable bonds is 4. The lowest BCUT2D eigenvalue weighted by Crippen LogP contribution is -2.06. The van der Waals surface area contributed by atoms with Gasteiger partial charge in [-0.25, -0.2) is 17.6 Å². The first kappa shape index (κ1) is 15.7. The number of hydrogen-bond acceptors (Lipinski definition) is 5. The zero-order chi connectivity index (χ0) is 17.1. The van der Waals surface area contributed by atoms with Gasteiger partial charge in [0.2, 0.25) is 5.95 Å². The van der Waals surface area contributed by atoms with Gasteiger partial charge in [-0.05, 0) is 24.3 Å². The molecular formula is C15H9F4N5. The molecule has 0 aliphatic rings. The summed E-state index contributed by atoms with van der Waals surface area (Å²) in [6, 6.07) is 6.64. The van der Waals surface area contributed by atoms with Gasteiger partial charge in [-0.1, -0.05) is 12.1 Å². The second-order valence-corrected chi connectivity index (χ2v) is 4.61. The van der Waals surface area contributed by atoms with Gasteiger partial charge in [0.25, 0.3) is 0 Å². The summed E-state index contributed by atoms with van der Waals surface area (Å²) in [7, 11) is 0. The van der Waals surface area contributed by atoms with Crippen molar-refractivity contribution in [3.8, 4) is 0 Å². The molecule has 0 saturated carbocycles. The topological polar surface area (TPSA) is 62.7 Å². The minimum atomic E-state index is -0.850. The van der Waals surface area contributed by atoms with Gasteiger partial charge in [0, 0.05) is 0 Å². The molecule has 0 unspecified atom stereocenters. The second-order valence-electron chi connectivity index (χ2n) is 4.61. The maximum Gasteiger partial charge on any atom is 0.249 e. The average molecular weight is 335 g/mol. The number of halogens is 4. The monoisotopic (exact) mass is 335 g/mol. The third kappa shape index (κ3) is 3.24. The molecule has 0 amide bonds. The fourth-order valence-electron chi connectivity index (χ4n) is 1.89. The van der Waals surface area contributed by atoms with Crippen molar-refractivity contribution in [3.63, 3.8) is 0 Å². The predicted octanol–water partition coefficient (Wildman–Crippen LogP) is 3.92. The molecule has 0 aliphatic carbocycles. The van der Waals surface area contributed by atoms with Gasteiger partial charge in [-0.15, -0.1) is 5.10 Å². The number of anilines is 4. The lowest BCUT2D eigenvalue weighted by Gasteiger charge is -2.10. The molecule has 0 radical (unpaired) electrons. The first-order valence-electron chi connectivity index (χ1n) is 6.66. The van der Waals surface area contributed by atoms with E-state index in [9.17, 15) is 17.6 Å². The van der Waals surface area contributed by atoms with Crippen molar-refractivity contribution in [2.45, 2.75) is 0 Å². The zero-order valence-corrected chi connectivity index (χ0v) is 11.9. The average Bonchev–Trinajstić information content (AvgIpc) is 2.55. The SMILES string of the molecule is Fc1cccc(F)c1Nc1cnnc(Nc2c(F)cccc2F)n1. The molecule has 0 saturated heterocycles. The Morgan fingerprint density at radius 1 is 0.708 bits per heavy atom. The first-order chi connectivity index (χ1) is 11.5. The maximum atomic E-state index is 13.6. The summed E-state index contributed by atoms with van der Waals surface area (Å²) in [5.74, 6) is -3.67. The zero-order valence-electron chi connectivity index (χ0n) is 11.9. The fourth-order valence-corrected chi connectivity index (χ4v) is 1.89. The van der Waals surface area contributed by atoms with Crippen LogP contribution in [0.15, 0.2) is 42.6 Å². The summed E-state index contributed by atoms with van der Waals surface area (Å²) < 4.78 is 54.4. The van der Waals surface area contributed by atoms with Crippen molar-refractivity contribution in [1.29, 1.82) is 0 Å². The van der Waals surface area contributed by atoms with E-state index in [-0.39, 0.29) is 11.8 Å². The van der Waals surface area contributed by atoms with E-state index >= 15 is 0 Å². The number of para-hydroxylation sites is 2. The molecule has 1 heterocycles. The summed E-state index contributed by atoms with van der Waals surface area (Å²) in [6.07, 6.45) is 1.11. The molecule has 9 heteroatoms. The van der Waals surface area contributed by atoms with E-state index in [0.29, 0.717) is 0 Å². The summed E-state index contributed by atoms with van der Waals surface area (Å²) in [4.78, 5) is 3.87. The Labute approximate surface area is 133 Å². The molecule has 0 atom stereocenters. The summed E-state index contributed by atoms with van der Waals surface area (Å²) in [5, 5.41) is 11.9. The molecule has 0 fully saturated rings. The van der Waals surface area contributed by atoms with Crippen molar-refractivity contribution < 1.29 is 17.6 Å². The third-order valence-electron chi connectivity index (χ3n) is 2.97. The number of hydrogen-bond donors (Lipinski definition) is 2. The van der Waals surface area contributed by atoms with Crippen molar-refractivity contribution >= 4 is 23.1 Å². The van der Waals surface area contributed by atoms with Crippen LogP contribution in [-0.2, 0) is 0 Å². The molecule has 2 aromatic carbocycles. The van der Waals surface area contributed by atoms with Gasteiger partial charge >= 0.3 is 0 Å². The van der Waals surface area contributed by atoms with E-state index in [1.165, 1.54) is 12.1 Å². The van der Waals surface area contributed by atoms with Crippen LogP contribution < -0.4 is 10.6 Å². The molecule has 0 aliphatic heterocycles. The van der Waals surface area contributed by atoms with Crippen LogP contribution in [0.5, 0.6) is 0 Å². The molecule has 122 valence electrons. The molecule has 1 aromatic heterocycles. The smallest absolute Gasteiger partial charge is 0.249 e. The van der Waals surface area contributed by atoms with Crippen LogP contribution in [-0.4, -0.2) is 15.2 Å². The van der Waals surface area contributed by atoms with Gasteiger partial charge < -0.3 is 10.6 Å². The van der Waals surface area contributed by atoms with Crippen LogP contribution in [0.25, 0.3) is 0 Å². The van der Waals surface area contributed by atoms with Crippen LogP contribution in [0.4, 0.5) is 40.7 Å². The highest BCUT2D eigenvalue weighted by atomic mass is 19.1. The largest absolute Gasteiger partial charge is 0.334 e. The number of aromatic nitrogens is 3. The Hall–Kier alpha value is -3.23. The van der Waals surface area contributed by atoms with E-state index in [1.54, 1.807) is 0 Å². The highest BCUT2D eigenvalue weighted by Crippen LogP contribution is 2.24. The number of nitrogens with zero attached hydrogens (tertiary/aromatic N) is 3. The van der Waals surface area contributed by atoms with Gasteiger partial charge in [0.15, 0.2) is 5.82 Å². The third-order valence-corrected chi connectivity index (χ3v) is 2.97. The Bertz CT molecular complexity index is 778. The van der Waals surface area contributed by atoms with Crippen LogP contribution in [0.2, 0.25) is 0 Å². The van der Waals surface area contributed by atoms with Crippen molar-refractivity contribution in [2.24, 2.45) is 0 Å². The van der Waals surface area contributed by atoms with E-state index in [1.807, 2.05) is 0 Å². The molecular weight excluding hydrogens is 326 g/mol. The molecule has 2 N–H and O–H groups in total. The molecule has 0 bridgehead atoms. The van der Waals surface area contributed by atoms with Gasteiger partial charge in [0.1, 0.15) is 34.6 Å². The first-order valence-corrected chi connectivity index (χ1v) is 6.66. The quantitative estimate of drug-likeness (QED) is 0.708. The highest BCUT2D eigenvalue weighted by molar-refractivity contribution is 5.60. The molecule has 3 rings (SSSR count). The molecule has 3 aromatic rings. The Kier molecular flexibility index (Phi) is 4.23. The van der Waals surface area contributed by atoms with Crippen molar-refractivity contribution in [2.75, 3.05) is 10.6 Å². The van der Waals surface area contributed by atoms with Gasteiger partial charge in [-0.2, -0.15) is 10.1 Å². The predicted molar refractivity (Wildman–Crippen MR) is 79.1 cm³/mol. The molecule has 24 heavy (non-hydrogen) atoms. The van der Waals surface area contributed by atoms with Crippen molar-refractivity contribution in [1.82, 2.24) is 15.2 Å². The molecule has 0 spiro atoms. The fraction of sp³-hybridized carbons (Fsp3) is 0. The second kappa shape index (κ2) is 6.49. The lowest BCUT2D eigenvalue weighted by atomic mass is 10.3. The van der Waals surface area contributed by atoms with E-state index < -0.39 is 34.6 Å². The minimum Gasteiger partial charge on any atom is -0.334 e. The molecule has 5 nitrogen and oxygen atoms in total. The Balaban J connectivity index is 1.87. The van der Waals surface area contributed by atoms with Gasteiger partial charge in [0.05, 0.1) is 6.20 Å². The summed E-state index contributed by atoms with van der Waals surface area (Å²) in [6.45, 7) is 0. The number of nitrogens with one attached hydrogen (secondary N) is 2. The summed E-state index contributed by atoms with van der Waals surface area (Å²) >= 11 is 0. The Morgan fingerprint density at radius 3 is 1.75 bits per heavy atom. The van der Waals surface area contributed by atoms with Crippen LogP contribution in [0.1, 0.15) is 0 Å². The Morgan fingerprint density at radius 2 is 1.21 bits per heavy atom. The van der Waals surface area contributed by atoms with Crippen LogP contribution in [0.3, 0.4) is 0 Å². The van der Waals surface area contributed by atoms with E-state index in [2.05, 4.69) is 25.8 Å². The van der Waals surface area contributed by atoms with E-state index in [0.717, 1.165) is 30.5 Å². The number of benzene rings is 2. The standard InChI is InChI=1S/C15H9F4N5/c16-8-3-1-4-9(17)13(8)21-12-7-20-24-15(22-12)23-14-10(18)5-2-6-11(14)19/h1-7H,(H2,21,22,23,24). The van der Waals surface area contributed by atoms with E-state index in [4.69, 9.17) is 0 Å². The van der Waals surface area contributed by atoms with Crippen molar-refractivity contribution in [3.05, 3.63) is 65.9 Å².